The summed E-state index contributed by atoms with van der Waals surface area (Å²) in [6.45, 7) is 9.27. The minimum Gasteiger partial charge on any atom is -0.356 e. The quantitative estimate of drug-likeness (QED) is 0.748. The lowest BCUT2D eigenvalue weighted by atomic mass is 9.98. The van der Waals surface area contributed by atoms with Crippen LogP contribution in [0, 0.1) is 5.92 Å². The maximum atomic E-state index is 11.6. The van der Waals surface area contributed by atoms with Gasteiger partial charge in [-0.1, -0.05) is 6.92 Å². The van der Waals surface area contributed by atoms with Gasteiger partial charge in [0.2, 0.25) is 11.8 Å². The van der Waals surface area contributed by atoms with Crippen LogP contribution in [0.25, 0.3) is 0 Å². The minimum atomic E-state index is -0.0939. The molecule has 19 heavy (non-hydrogen) atoms. The van der Waals surface area contributed by atoms with E-state index in [0.717, 1.165) is 19.0 Å². The molecule has 0 saturated carbocycles. The highest BCUT2D eigenvalue weighted by molar-refractivity contribution is 5.77. The number of piperidine rings is 1. The molecule has 0 bridgehead atoms. The highest BCUT2D eigenvalue weighted by atomic mass is 16.2. The van der Waals surface area contributed by atoms with E-state index in [1.54, 1.807) is 0 Å². The summed E-state index contributed by atoms with van der Waals surface area (Å²) >= 11 is 0. The van der Waals surface area contributed by atoms with E-state index in [1.807, 2.05) is 0 Å². The van der Waals surface area contributed by atoms with Crippen LogP contribution in [-0.4, -0.2) is 48.9 Å². The number of rotatable bonds is 6. The molecular weight excluding hydrogens is 242 g/mol. The summed E-state index contributed by atoms with van der Waals surface area (Å²) in [5.74, 6) is 0.741. The van der Waals surface area contributed by atoms with Crippen LogP contribution in [0.3, 0.4) is 0 Å². The Hall–Kier alpha value is -1.10. The van der Waals surface area contributed by atoms with Crippen molar-refractivity contribution in [3.05, 3.63) is 0 Å². The van der Waals surface area contributed by atoms with Gasteiger partial charge >= 0.3 is 0 Å². The summed E-state index contributed by atoms with van der Waals surface area (Å²) in [5, 5.41) is 5.55. The zero-order chi connectivity index (χ0) is 14.3. The Kier molecular flexibility index (Phi) is 6.84. The Labute approximate surface area is 116 Å². The van der Waals surface area contributed by atoms with Crippen LogP contribution in [0.4, 0.5) is 0 Å². The SMILES string of the molecule is CC(=O)NCCC(=O)NCC(C)N1CCC(C)CC1. The smallest absolute Gasteiger partial charge is 0.221 e. The van der Waals surface area contributed by atoms with Crippen LogP contribution < -0.4 is 10.6 Å². The standard InChI is InChI=1S/C14H27N3O2/c1-11-5-8-17(9-6-11)12(2)10-16-14(19)4-7-15-13(3)18/h11-12H,4-10H2,1-3H3,(H,15,18)(H,16,19). The number of nitrogens with zero attached hydrogens (tertiary/aromatic N) is 1. The Morgan fingerprint density at radius 2 is 1.89 bits per heavy atom. The van der Waals surface area contributed by atoms with E-state index in [1.165, 1.54) is 19.8 Å². The molecule has 1 unspecified atom stereocenters. The van der Waals surface area contributed by atoms with Gasteiger partial charge in [-0.05, 0) is 38.8 Å². The van der Waals surface area contributed by atoms with E-state index in [9.17, 15) is 9.59 Å². The number of hydrogen-bond acceptors (Lipinski definition) is 3. The first-order valence-electron chi connectivity index (χ1n) is 7.24. The van der Waals surface area contributed by atoms with E-state index < -0.39 is 0 Å². The predicted octanol–water partition coefficient (Wildman–Crippen LogP) is 0.749. The minimum absolute atomic E-state index is 0.00553. The van der Waals surface area contributed by atoms with Gasteiger partial charge in [-0.25, -0.2) is 0 Å². The number of carbonyl (C=O) groups excluding carboxylic acids is 2. The summed E-state index contributed by atoms with van der Waals surface area (Å²) in [5.41, 5.74) is 0. The van der Waals surface area contributed by atoms with Crippen molar-refractivity contribution in [2.45, 2.75) is 46.1 Å². The molecule has 1 heterocycles. The fourth-order valence-electron chi connectivity index (χ4n) is 2.30. The third kappa shape index (κ3) is 6.57. The molecule has 1 rings (SSSR count). The van der Waals surface area contributed by atoms with Gasteiger partial charge in [0.05, 0.1) is 0 Å². The zero-order valence-corrected chi connectivity index (χ0v) is 12.4. The first-order valence-corrected chi connectivity index (χ1v) is 7.24. The maximum absolute atomic E-state index is 11.6. The average Bonchev–Trinajstić information content (AvgIpc) is 2.36. The summed E-state index contributed by atoms with van der Waals surface area (Å²) < 4.78 is 0. The Bertz CT molecular complexity index is 299. The van der Waals surface area contributed by atoms with E-state index in [4.69, 9.17) is 0 Å². The molecular formula is C14H27N3O2. The van der Waals surface area contributed by atoms with Crippen molar-refractivity contribution < 1.29 is 9.59 Å². The van der Waals surface area contributed by atoms with E-state index in [2.05, 4.69) is 29.4 Å². The number of nitrogens with one attached hydrogen (secondary N) is 2. The molecule has 1 fully saturated rings. The van der Waals surface area contributed by atoms with Crippen LogP contribution >= 0.6 is 0 Å². The van der Waals surface area contributed by atoms with Crippen LogP contribution in [0.5, 0.6) is 0 Å². The molecule has 0 aliphatic carbocycles. The lowest BCUT2D eigenvalue weighted by molar-refractivity contribution is -0.121. The molecule has 1 atom stereocenters. The normalized spacial score (nSPS) is 18.9. The molecule has 1 aliphatic rings. The average molecular weight is 269 g/mol. The second-order valence-electron chi connectivity index (χ2n) is 5.60. The van der Waals surface area contributed by atoms with Gasteiger partial charge in [-0.15, -0.1) is 0 Å². The van der Waals surface area contributed by atoms with Crippen molar-refractivity contribution >= 4 is 11.8 Å². The van der Waals surface area contributed by atoms with Crippen molar-refractivity contribution in [1.82, 2.24) is 15.5 Å². The summed E-state index contributed by atoms with van der Waals surface area (Å²) in [4.78, 5) is 24.7. The molecule has 0 aromatic carbocycles. The van der Waals surface area contributed by atoms with Crippen molar-refractivity contribution in [2.75, 3.05) is 26.2 Å². The summed E-state index contributed by atoms with van der Waals surface area (Å²) in [6, 6.07) is 0.386. The molecule has 1 aliphatic heterocycles. The van der Waals surface area contributed by atoms with Gasteiger partial charge in [0.25, 0.3) is 0 Å². The molecule has 2 amide bonds. The highest BCUT2D eigenvalue weighted by Gasteiger charge is 2.20. The van der Waals surface area contributed by atoms with Crippen molar-refractivity contribution in [3.63, 3.8) is 0 Å². The fourth-order valence-corrected chi connectivity index (χ4v) is 2.30. The Morgan fingerprint density at radius 3 is 2.47 bits per heavy atom. The number of carbonyl (C=O) groups is 2. The van der Waals surface area contributed by atoms with E-state index >= 15 is 0 Å². The molecule has 2 N–H and O–H groups in total. The third-order valence-electron chi connectivity index (χ3n) is 3.76. The van der Waals surface area contributed by atoms with Gasteiger partial charge in [0.1, 0.15) is 0 Å². The topological polar surface area (TPSA) is 61.4 Å². The van der Waals surface area contributed by atoms with E-state index in [-0.39, 0.29) is 11.8 Å². The van der Waals surface area contributed by atoms with Gasteiger partial charge in [-0.3, -0.25) is 14.5 Å². The van der Waals surface area contributed by atoms with Crippen LogP contribution in [0.1, 0.15) is 40.0 Å². The van der Waals surface area contributed by atoms with Crippen LogP contribution in [0.15, 0.2) is 0 Å². The predicted molar refractivity (Wildman–Crippen MR) is 75.7 cm³/mol. The number of hydrogen-bond donors (Lipinski definition) is 2. The molecule has 0 aromatic rings. The van der Waals surface area contributed by atoms with Gasteiger partial charge in [-0.2, -0.15) is 0 Å². The maximum Gasteiger partial charge on any atom is 0.221 e. The van der Waals surface area contributed by atoms with Crippen LogP contribution in [-0.2, 0) is 9.59 Å². The first-order chi connectivity index (χ1) is 8.99. The highest BCUT2D eigenvalue weighted by Crippen LogP contribution is 2.17. The Balaban J connectivity index is 2.13. The molecule has 110 valence electrons. The van der Waals surface area contributed by atoms with Crippen molar-refractivity contribution in [2.24, 2.45) is 5.92 Å². The van der Waals surface area contributed by atoms with Crippen LogP contribution in [0.2, 0.25) is 0 Å². The zero-order valence-electron chi connectivity index (χ0n) is 12.4. The molecule has 0 radical (unpaired) electrons. The van der Waals surface area contributed by atoms with Gasteiger partial charge in [0, 0.05) is 32.5 Å². The number of likely N-dealkylation sites (tertiary alicyclic amines) is 1. The lowest BCUT2D eigenvalue weighted by Gasteiger charge is -2.35. The van der Waals surface area contributed by atoms with Crippen molar-refractivity contribution in [1.29, 1.82) is 0 Å². The van der Waals surface area contributed by atoms with Gasteiger partial charge in [0.15, 0.2) is 0 Å². The lowest BCUT2D eigenvalue weighted by Crippen LogP contribution is -2.45. The summed E-state index contributed by atoms with van der Waals surface area (Å²) in [7, 11) is 0. The summed E-state index contributed by atoms with van der Waals surface area (Å²) in [6.07, 6.45) is 2.85. The second kappa shape index (κ2) is 8.15. The van der Waals surface area contributed by atoms with E-state index in [0.29, 0.717) is 25.6 Å². The fraction of sp³-hybridized carbons (Fsp3) is 0.857. The first kappa shape index (κ1) is 16.0. The Morgan fingerprint density at radius 1 is 1.26 bits per heavy atom. The molecule has 5 nitrogen and oxygen atoms in total. The third-order valence-corrected chi connectivity index (χ3v) is 3.76. The molecule has 5 heteroatoms. The molecule has 0 aromatic heterocycles. The van der Waals surface area contributed by atoms with Gasteiger partial charge < -0.3 is 10.6 Å². The largest absolute Gasteiger partial charge is 0.356 e. The molecule has 1 saturated heterocycles. The second-order valence-corrected chi connectivity index (χ2v) is 5.60. The monoisotopic (exact) mass is 269 g/mol. The van der Waals surface area contributed by atoms with Crippen molar-refractivity contribution in [3.8, 4) is 0 Å². The molecule has 0 spiro atoms. The number of amides is 2.